The number of pyridine rings is 1. The number of anilines is 1. The second-order valence-electron chi connectivity index (χ2n) is 4.24. The van der Waals surface area contributed by atoms with Crippen molar-refractivity contribution in [3.05, 3.63) is 40.7 Å². The van der Waals surface area contributed by atoms with Crippen LogP contribution in [0.3, 0.4) is 0 Å². The van der Waals surface area contributed by atoms with E-state index < -0.39 is 0 Å². The average Bonchev–Trinajstić information content (AvgIpc) is 2.44. The van der Waals surface area contributed by atoms with E-state index in [1.165, 1.54) is 0 Å². The maximum atomic E-state index is 11.8. The molecule has 0 spiro atoms. The van der Waals surface area contributed by atoms with Crippen LogP contribution in [-0.2, 0) is 11.8 Å². The maximum Gasteiger partial charge on any atom is 0.252 e. The van der Waals surface area contributed by atoms with E-state index >= 15 is 0 Å². The van der Waals surface area contributed by atoms with Crippen molar-refractivity contribution in [1.82, 2.24) is 4.57 Å². The van der Waals surface area contributed by atoms with Gasteiger partial charge < -0.3 is 19.7 Å². The Morgan fingerprint density at radius 3 is 2.89 bits per heavy atom. The maximum absolute atomic E-state index is 11.8. The van der Waals surface area contributed by atoms with Crippen LogP contribution in [0.25, 0.3) is 10.9 Å². The standard InChI is InChI=1S/C14H18N2O3/c1-16-13-5-3-2-4-11(13)12(10-14(16)18)15-6-8-19-9-7-17/h2-5,10,15,17H,6-9H2,1H3. The summed E-state index contributed by atoms with van der Waals surface area (Å²) in [6.45, 7) is 1.44. The zero-order valence-corrected chi connectivity index (χ0v) is 10.9. The summed E-state index contributed by atoms with van der Waals surface area (Å²) in [5.41, 5.74) is 1.66. The molecule has 0 saturated heterocycles. The molecule has 0 bridgehead atoms. The zero-order chi connectivity index (χ0) is 13.7. The molecular formula is C14H18N2O3. The molecule has 0 saturated carbocycles. The molecule has 1 aromatic carbocycles. The molecule has 2 aromatic rings. The van der Waals surface area contributed by atoms with Gasteiger partial charge in [0.05, 0.1) is 25.3 Å². The average molecular weight is 262 g/mol. The van der Waals surface area contributed by atoms with E-state index in [0.717, 1.165) is 16.6 Å². The third-order valence-corrected chi connectivity index (χ3v) is 2.95. The molecule has 19 heavy (non-hydrogen) atoms. The van der Waals surface area contributed by atoms with E-state index in [4.69, 9.17) is 9.84 Å². The molecule has 0 aliphatic heterocycles. The third kappa shape index (κ3) is 3.13. The Morgan fingerprint density at radius 1 is 1.32 bits per heavy atom. The molecule has 0 radical (unpaired) electrons. The Hall–Kier alpha value is -1.85. The molecule has 1 heterocycles. The predicted molar refractivity (Wildman–Crippen MR) is 75.6 cm³/mol. The van der Waals surface area contributed by atoms with Gasteiger partial charge >= 0.3 is 0 Å². The van der Waals surface area contributed by atoms with Gasteiger partial charge in [0.25, 0.3) is 5.56 Å². The van der Waals surface area contributed by atoms with E-state index in [-0.39, 0.29) is 12.2 Å². The van der Waals surface area contributed by atoms with Crippen LogP contribution in [0.5, 0.6) is 0 Å². The first-order valence-corrected chi connectivity index (χ1v) is 6.25. The van der Waals surface area contributed by atoms with Gasteiger partial charge in [-0.25, -0.2) is 0 Å². The van der Waals surface area contributed by atoms with E-state index in [1.54, 1.807) is 17.7 Å². The monoisotopic (exact) mass is 262 g/mol. The quantitative estimate of drug-likeness (QED) is 0.761. The number of rotatable bonds is 6. The van der Waals surface area contributed by atoms with Crippen LogP contribution >= 0.6 is 0 Å². The zero-order valence-electron chi connectivity index (χ0n) is 10.9. The number of hydrogen-bond acceptors (Lipinski definition) is 4. The number of nitrogens with one attached hydrogen (secondary N) is 1. The van der Waals surface area contributed by atoms with Crippen LogP contribution in [0.2, 0.25) is 0 Å². The van der Waals surface area contributed by atoms with Gasteiger partial charge in [0, 0.05) is 30.7 Å². The molecule has 102 valence electrons. The molecule has 5 nitrogen and oxygen atoms in total. The minimum absolute atomic E-state index is 0.0226. The first-order valence-electron chi connectivity index (χ1n) is 6.25. The van der Waals surface area contributed by atoms with Crippen molar-refractivity contribution >= 4 is 16.6 Å². The van der Waals surface area contributed by atoms with Gasteiger partial charge in [-0.15, -0.1) is 0 Å². The third-order valence-electron chi connectivity index (χ3n) is 2.95. The first kappa shape index (κ1) is 13.6. The predicted octanol–water partition coefficient (Wildman–Crippen LogP) is 0.959. The number of hydrogen-bond donors (Lipinski definition) is 2. The summed E-state index contributed by atoms with van der Waals surface area (Å²) in [6.07, 6.45) is 0. The molecule has 0 atom stereocenters. The lowest BCUT2D eigenvalue weighted by atomic mass is 10.2. The van der Waals surface area contributed by atoms with Crippen molar-refractivity contribution in [2.45, 2.75) is 0 Å². The van der Waals surface area contributed by atoms with Crippen LogP contribution in [0.4, 0.5) is 5.69 Å². The fourth-order valence-corrected chi connectivity index (χ4v) is 1.98. The van der Waals surface area contributed by atoms with Gasteiger partial charge in [-0.3, -0.25) is 4.79 Å². The van der Waals surface area contributed by atoms with Crippen molar-refractivity contribution < 1.29 is 9.84 Å². The summed E-state index contributed by atoms with van der Waals surface area (Å²) >= 11 is 0. The Labute approximate surface area is 111 Å². The number of fused-ring (bicyclic) bond motifs is 1. The number of aromatic nitrogens is 1. The number of aliphatic hydroxyl groups is 1. The molecule has 0 fully saturated rings. The molecule has 0 aliphatic rings. The topological polar surface area (TPSA) is 63.5 Å². The summed E-state index contributed by atoms with van der Waals surface area (Å²) < 4.78 is 6.80. The van der Waals surface area contributed by atoms with E-state index in [0.29, 0.717) is 19.8 Å². The minimum Gasteiger partial charge on any atom is -0.394 e. The molecule has 2 N–H and O–H groups in total. The second-order valence-corrected chi connectivity index (χ2v) is 4.24. The van der Waals surface area contributed by atoms with Gasteiger partial charge in [-0.1, -0.05) is 18.2 Å². The van der Waals surface area contributed by atoms with E-state index in [2.05, 4.69) is 5.32 Å². The fraction of sp³-hybridized carbons (Fsp3) is 0.357. The molecular weight excluding hydrogens is 244 g/mol. The van der Waals surface area contributed by atoms with Crippen molar-refractivity contribution in [2.24, 2.45) is 7.05 Å². The van der Waals surface area contributed by atoms with Crippen molar-refractivity contribution in [3.8, 4) is 0 Å². The molecule has 0 unspecified atom stereocenters. The number of nitrogens with zero attached hydrogens (tertiary/aromatic N) is 1. The van der Waals surface area contributed by atoms with Gasteiger partial charge in [0.2, 0.25) is 0 Å². The Morgan fingerprint density at radius 2 is 2.11 bits per heavy atom. The number of aryl methyl sites for hydroxylation is 1. The van der Waals surface area contributed by atoms with Crippen molar-refractivity contribution in [3.63, 3.8) is 0 Å². The molecule has 1 aromatic heterocycles. The van der Waals surface area contributed by atoms with Crippen LogP contribution in [0.15, 0.2) is 35.1 Å². The van der Waals surface area contributed by atoms with Crippen molar-refractivity contribution in [1.29, 1.82) is 0 Å². The molecule has 2 rings (SSSR count). The summed E-state index contributed by atoms with van der Waals surface area (Å²) in [6, 6.07) is 9.35. The second kappa shape index (κ2) is 6.36. The van der Waals surface area contributed by atoms with Crippen molar-refractivity contribution in [2.75, 3.05) is 31.7 Å². The lowest BCUT2D eigenvalue weighted by Gasteiger charge is -2.12. The largest absolute Gasteiger partial charge is 0.394 e. The summed E-state index contributed by atoms with van der Waals surface area (Å²) in [5.74, 6) is 0. The van der Waals surface area contributed by atoms with E-state index in [9.17, 15) is 4.79 Å². The number of ether oxygens (including phenoxy) is 1. The van der Waals surface area contributed by atoms with E-state index in [1.807, 2.05) is 24.3 Å². The van der Waals surface area contributed by atoms with Crippen LogP contribution in [0.1, 0.15) is 0 Å². The molecule has 0 aliphatic carbocycles. The lowest BCUT2D eigenvalue weighted by Crippen LogP contribution is -2.19. The highest BCUT2D eigenvalue weighted by Gasteiger charge is 2.05. The van der Waals surface area contributed by atoms with Crippen LogP contribution < -0.4 is 10.9 Å². The molecule has 5 heteroatoms. The van der Waals surface area contributed by atoms with Gasteiger partial charge in [0.15, 0.2) is 0 Å². The fourth-order valence-electron chi connectivity index (χ4n) is 1.98. The Bertz CT molecular complexity index is 607. The molecule has 0 amide bonds. The van der Waals surface area contributed by atoms with Gasteiger partial charge in [-0.2, -0.15) is 0 Å². The minimum atomic E-state index is -0.0440. The number of para-hydroxylation sites is 1. The van der Waals surface area contributed by atoms with Gasteiger partial charge in [0.1, 0.15) is 0 Å². The summed E-state index contributed by atoms with van der Waals surface area (Å²) in [7, 11) is 1.76. The van der Waals surface area contributed by atoms with Gasteiger partial charge in [-0.05, 0) is 6.07 Å². The number of benzene rings is 1. The number of aliphatic hydroxyl groups excluding tert-OH is 1. The summed E-state index contributed by atoms with van der Waals surface area (Å²) in [4.78, 5) is 11.8. The lowest BCUT2D eigenvalue weighted by molar-refractivity contribution is 0.0992. The Balaban J connectivity index is 2.19. The highest BCUT2D eigenvalue weighted by molar-refractivity contribution is 5.91. The normalized spacial score (nSPS) is 10.8. The Kier molecular flexibility index (Phi) is 4.54. The SMILES string of the molecule is Cn1c(=O)cc(NCCOCCO)c2ccccc21. The summed E-state index contributed by atoms with van der Waals surface area (Å²) in [5, 5.41) is 12.8. The highest BCUT2D eigenvalue weighted by atomic mass is 16.5. The van der Waals surface area contributed by atoms with Crippen LogP contribution in [0, 0.1) is 0 Å². The smallest absolute Gasteiger partial charge is 0.252 e. The first-order chi connectivity index (χ1) is 9.24. The highest BCUT2D eigenvalue weighted by Crippen LogP contribution is 2.20. The van der Waals surface area contributed by atoms with Crippen LogP contribution in [-0.4, -0.2) is 36.0 Å².